The van der Waals surface area contributed by atoms with Crippen LogP contribution >= 0.6 is 22.7 Å². The molecule has 0 amide bonds. The van der Waals surface area contributed by atoms with Gasteiger partial charge in [0.05, 0.1) is 0 Å². The lowest BCUT2D eigenvalue weighted by Crippen LogP contribution is -1.87. The van der Waals surface area contributed by atoms with E-state index >= 15 is 0 Å². The molecular formula is C52H32S2. The van der Waals surface area contributed by atoms with Crippen molar-refractivity contribution in [1.82, 2.24) is 0 Å². The smallest absolute Gasteiger partial charge is 0.0361 e. The zero-order chi connectivity index (χ0) is 35.6. The SMILES string of the molecule is c1ccc(-c2ccccccc(-c3ccc(-c4ccc5sc6cc7cc8c(cc7cc6c5c4)sc4ccccc48)c4ccccc34)c3ccccc23)cc1. The molecule has 0 N–H and O–H groups in total. The van der Waals surface area contributed by atoms with Crippen LogP contribution in [0.1, 0.15) is 0 Å². The minimum Gasteiger partial charge on any atom is -0.135 e. The highest BCUT2D eigenvalue weighted by atomic mass is 32.1. The third-order valence-electron chi connectivity index (χ3n) is 10.9. The molecule has 11 rings (SSSR count). The fourth-order valence-corrected chi connectivity index (χ4v) is 10.6. The third-order valence-corrected chi connectivity index (χ3v) is 13.2. The molecule has 0 unspecified atom stereocenters. The van der Waals surface area contributed by atoms with E-state index in [2.05, 4.69) is 194 Å². The van der Waals surface area contributed by atoms with Gasteiger partial charge in [-0.05, 0) is 108 Å². The summed E-state index contributed by atoms with van der Waals surface area (Å²) in [4.78, 5) is 0. The number of benzene rings is 8. The van der Waals surface area contributed by atoms with Crippen molar-refractivity contribution in [3.05, 3.63) is 194 Å². The molecule has 0 radical (unpaired) electrons. The van der Waals surface area contributed by atoms with E-state index in [4.69, 9.17) is 0 Å². The lowest BCUT2D eigenvalue weighted by atomic mass is 9.89. The molecule has 0 saturated heterocycles. The highest BCUT2D eigenvalue weighted by Crippen LogP contribution is 2.44. The van der Waals surface area contributed by atoms with Crippen LogP contribution in [0.5, 0.6) is 0 Å². The van der Waals surface area contributed by atoms with Gasteiger partial charge in [0.25, 0.3) is 0 Å². The van der Waals surface area contributed by atoms with Gasteiger partial charge in [-0.3, -0.25) is 0 Å². The van der Waals surface area contributed by atoms with E-state index in [-0.39, 0.29) is 0 Å². The van der Waals surface area contributed by atoms with E-state index in [1.54, 1.807) is 0 Å². The zero-order valence-corrected chi connectivity index (χ0v) is 30.9. The van der Waals surface area contributed by atoms with Crippen LogP contribution in [-0.2, 0) is 0 Å². The van der Waals surface area contributed by atoms with Crippen LogP contribution in [0, 0.1) is 0 Å². The van der Waals surface area contributed by atoms with E-state index in [0.29, 0.717) is 0 Å². The Bertz CT molecular complexity index is 3330. The average Bonchev–Trinajstić information content (AvgIpc) is 3.77. The van der Waals surface area contributed by atoms with E-state index < -0.39 is 0 Å². The Morgan fingerprint density at radius 1 is 0.222 bits per heavy atom. The summed E-state index contributed by atoms with van der Waals surface area (Å²) in [5, 5.41) is 12.9. The van der Waals surface area contributed by atoms with Crippen LogP contribution in [-0.4, -0.2) is 0 Å². The van der Waals surface area contributed by atoms with E-state index in [9.17, 15) is 0 Å². The molecule has 54 heavy (non-hydrogen) atoms. The van der Waals surface area contributed by atoms with Crippen LogP contribution < -0.4 is 0 Å². The van der Waals surface area contributed by atoms with Gasteiger partial charge in [-0.15, -0.1) is 22.7 Å². The first-order chi connectivity index (χ1) is 26.8. The maximum atomic E-state index is 2.42. The number of hydrogen-bond donors (Lipinski definition) is 0. The second kappa shape index (κ2) is 12.7. The van der Waals surface area contributed by atoms with E-state index in [1.807, 2.05) is 22.7 Å². The Balaban J connectivity index is 1.10. The molecule has 0 aliphatic heterocycles. The first kappa shape index (κ1) is 31.2. The monoisotopic (exact) mass is 720 g/mol. The van der Waals surface area contributed by atoms with Crippen LogP contribution in [0.25, 0.3) is 106 Å². The first-order valence-corrected chi connectivity index (χ1v) is 20.0. The summed E-state index contributed by atoms with van der Waals surface area (Å²) < 4.78 is 5.36. The van der Waals surface area contributed by atoms with Crippen LogP contribution in [0.2, 0.25) is 0 Å². The molecule has 0 aliphatic carbocycles. The molecule has 2 heterocycles. The topological polar surface area (TPSA) is 0 Å². The van der Waals surface area contributed by atoms with Gasteiger partial charge in [0.1, 0.15) is 0 Å². The fraction of sp³-hybridized carbons (Fsp3) is 0. The summed E-state index contributed by atoms with van der Waals surface area (Å²) in [6.45, 7) is 0. The maximum absolute atomic E-state index is 2.42. The maximum Gasteiger partial charge on any atom is 0.0361 e. The number of fused-ring (bicyclic) bond motifs is 9. The van der Waals surface area contributed by atoms with E-state index in [1.165, 1.54) is 106 Å². The Labute approximate surface area is 321 Å². The molecule has 9 aromatic carbocycles. The standard InChI is InChI=1S/C52H32S2/c1-2-7-17-43(41-20-10-8-18-39(41)37(16-6-1)33-14-4-3-5-15-33)44-26-25-38(40-19-9-11-21-42(40)44)34-24-27-50-47(28-34)48-30-36-31-51-46(29-35(36)32-52(48)54-50)45-22-12-13-23-49(45)53-51/h1-32H. The molecule has 0 bridgehead atoms. The predicted molar refractivity (Wildman–Crippen MR) is 239 cm³/mol. The van der Waals surface area contributed by atoms with Crippen molar-refractivity contribution in [2.75, 3.05) is 0 Å². The van der Waals surface area contributed by atoms with Gasteiger partial charge in [-0.25, -0.2) is 0 Å². The van der Waals surface area contributed by atoms with Gasteiger partial charge in [-0.1, -0.05) is 152 Å². The van der Waals surface area contributed by atoms with Crippen molar-refractivity contribution < 1.29 is 0 Å². The zero-order valence-electron chi connectivity index (χ0n) is 29.3. The minimum absolute atomic E-state index is 1.21. The lowest BCUT2D eigenvalue weighted by Gasteiger charge is -2.14. The van der Waals surface area contributed by atoms with Gasteiger partial charge < -0.3 is 0 Å². The largest absolute Gasteiger partial charge is 0.135 e. The van der Waals surface area contributed by atoms with Crippen molar-refractivity contribution in [2.45, 2.75) is 0 Å². The highest BCUT2D eigenvalue weighted by molar-refractivity contribution is 7.26. The summed E-state index contributed by atoms with van der Waals surface area (Å²) in [6.07, 6.45) is 0. The molecule has 11 aromatic rings. The Hall–Kier alpha value is -6.32. The predicted octanol–water partition coefficient (Wildman–Crippen LogP) is 16.0. The normalized spacial score (nSPS) is 11.7. The van der Waals surface area contributed by atoms with Crippen LogP contribution in [0.4, 0.5) is 0 Å². The highest BCUT2D eigenvalue weighted by Gasteiger charge is 2.15. The molecule has 0 aliphatic rings. The van der Waals surface area contributed by atoms with Gasteiger partial charge >= 0.3 is 0 Å². The average molecular weight is 721 g/mol. The lowest BCUT2D eigenvalue weighted by molar-refractivity contribution is 1.64. The summed E-state index contributed by atoms with van der Waals surface area (Å²) in [5.41, 5.74) is 7.34. The summed E-state index contributed by atoms with van der Waals surface area (Å²) in [6, 6.07) is 71.6. The summed E-state index contributed by atoms with van der Waals surface area (Å²) >= 11 is 3.78. The Morgan fingerprint density at radius 2 is 0.648 bits per heavy atom. The molecule has 0 atom stereocenters. The molecule has 0 fully saturated rings. The third kappa shape index (κ3) is 5.10. The van der Waals surface area contributed by atoms with Crippen LogP contribution in [0.15, 0.2) is 194 Å². The number of rotatable bonds is 3. The summed E-state index contributed by atoms with van der Waals surface area (Å²) in [5.74, 6) is 0. The molecule has 0 nitrogen and oxygen atoms in total. The Morgan fingerprint density at radius 3 is 1.31 bits per heavy atom. The van der Waals surface area contributed by atoms with Crippen molar-refractivity contribution in [3.63, 3.8) is 0 Å². The molecular weight excluding hydrogens is 689 g/mol. The molecule has 2 heteroatoms. The second-order valence-electron chi connectivity index (χ2n) is 14.0. The summed E-state index contributed by atoms with van der Waals surface area (Å²) in [7, 11) is 0. The van der Waals surface area contributed by atoms with Crippen molar-refractivity contribution in [2.24, 2.45) is 0 Å². The van der Waals surface area contributed by atoms with Crippen molar-refractivity contribution in [1.29, 1.82) is 0 Å². The Kier molecular flexibility index (Phi) is 7.33. The fourth-order valence-electron chi connectivity index (χ4n) is 8.36. The van der Waals surface area contributed by atoms with Gasteiger partial charge in [0, 0.05) is 40.3 Å². The second-order valence-corrected chi connectivity index (χ2v) is 16.2. The van der Waals surface area contributed by atoms with Gasteiger partial charge in [-0.2, -0.15) is 0 Å². The van der Waals surface area contributed by atoms with Gasteiger partial charge in [0.15, 0.2) is 0 Å². The molecule has 0 saturated carbocycles. The molecule has 0 spiro atoms. The number of thiophene rings is 2. The van der Waals surface area contributed by atoms with Crippen molar-refractivity contribution >= 4 is 95.3 Å². The van der Waals surface area contributed by atoms with Crippen molar-refractivity contribution in [3.8, 4) is 33.4 Å². The molecule has 2 aromatic heterocycles. The first-order valence-electron chi connectivity index (χ1n) is 18.4. The quantitative estimate of drug-likeness (QED) is 0.170. The van der Waals surface area contributed by atoms with Gasteiger partial charge in [0.2, 0.25) is 0 Å². The molecule has 252 valence electrons. The minimum atomic E-state index is 1.21. The van der Waals surface area contributed by atoms with Crippen LogP contribution in [0.3, 0.4) is 0 Å². The number of hydrogen-bond acceptors (Lipinski definition) is 2. The van der Waals surface area contributed by atoms with E-state index in [0.717, 1.165) is 0 Å².